The summed E-state index contributed by atoms with van der Waals surface area (Å²) in [5, 5.41) is 3.60. The molecular weight excluding hydrogens is 230 g/mol. The molecule has 0 amide bonds. The molecule has 0 aliphatic carbocycles. The molecule has 2 nitrogen and oxygen atoms in total. The van der Waals surface area contributed by atoms with E-state index >= 15 is 0 Å². The third-order valence-electron chi connectivity index (χ3n) is 3.47. The minimum atomic E-state index is -0.555. The van der Waals surface area contributed by atoms with E-state index in [1.54, 1.807) is 0 Å². The molecule has 1 aliphatic heterocycles. The van der Waals surface area contributed by atoms with Crippen LogP contribution in [0.15, 0.2) is 24.3 Å². The fourth-order valence-electron chi connectivity index (χ4n) is 2.33. The van der Waals surface area contributed by atoms with E-state index in [2.05, 4.69) is 36.5 Å². The maximum Gasteiger partial charge on any atom is 0.0249 e. The van der Waals surface area contributed by atoms with Gasteiger partial charge in [-0.2, -0.15) is 0 Å². The van der Waals surface area contributed by atoms with E-state index in [0.717, 1.165) is 37.3 Å². The summed E-state index contributed by atoms with van der Waals surface area (Å²) >= 11 is 0. The number of hydrogen-bond donors (Lipinski definition) is 1. The highest BCUT2D eigenvalue weighted by atomic mass is 32.2. The van der Waals surface area contributed by atoms with Gasteiger partial charge in [0.1, 0.15) is 0 Å². The van der Waals surface area contributed by atoms with E-state index in [9.17, 15) is 4.21 Å². The fourth-order valence-corrected chi connectivity index (χ4v) is 3.63. The van der Waals surface area contributed by atoms with Gasteiger partial charge in [-0.15, -0.1) is 0 Å². The Morgan fingerprint density at radius 1 is 1.24 bits per heavy atom. The lowest BCUT2D eigenvalue weighted by atomic mass is 10.0. The molecule has 0 spiro atoms. The van der Waals surface area contributed by atoms with Crippen LogP contribution >= 0.6 is 0 Å². The molecule has 0 radical (unpaired) electrons. The predicted octanol–water partition coefficient (Wildman–Crippen LogP) is 2.25. The molecule has 0 bridgehead atoms. The second-order valence-electron chi connectivity index (χ2n) is 4.63. The van der Waals surface area contributed by atoms with Crippen molar-refractivity contribution in [2.45, 2.75) is 38.8 Å². The van der Waals surface area contributed by atoms with Crippen LogP contribution in [0.2, 0.25) is 0 Å². The zero-order chi connectivity index (χ0) is 12.1. The van der Waals surface area contributed by atoms with Crippen molar-refractivity contribution in [2.75, 3.05) is 11.5 Å². The van der Waals surface area contributed by atoms with Gasteiger partial charge in [0.05, 0.1) is 0 Å². The van der Waals surface area contributed by atoms with Gasteiger partial charge in [-0.1, -0.05) is 31.2 Å². The van der Waals surface area contributed by atoms with Crippen molar-refractivity contribution in [3.63, 3.8) is 0 Å². The Morgan fingerprint density at radius 2 is 1.88 bits per heavy atom. The highest BCUT2D eigenvalue weighted by Gasteiger charge is 2.17. The molecule has 0 saturated carbocycles. The minimum Gasteiger partial charge on any atom is -0.310 e. The Labute approximate surface area is 106 Å². The summed E-state index contributed by atoms with van der Waals surface area (Å²) in [5.74, 6) is 1.74. The summed E-state index contributed by atoms with van der Waals surface area (Å²) < 4.78 is 11.3. The molecule has 3 heteroatoms. The summed E-state index contributed by atoms with van der Waals surface area (Å²) in [6.45, 7) is 3.14. The number of rotatable bonds is 4. The number of nitrogens with one attached hydrogen (secondary N) is 1. The molecule has 1 saturated heterocycles. The second kappa shape index (κ2) is 6.31. The fraction of sp³-hybridized carbons (Fsp3) is 0.571. The van der Waals surface area contributed by atoms with Crippen LogP contribution in [0.1, 0.15) is 30.9 Å². The third-order valence-corrected chi connectivity index (χ3v) is 4.85. The van der Waals surface area contributed by atoms with Gasteiger partial charge in [-0.05, 0) is 30.4 Å². The molecule has 17 heavy (non-hydrogen) atoms. The lowest BCUT2D eigenvalue weighted by Gasteiger charge is -2.23. The SMILES string of the molecule is CCc1ccccc1CNC1CCS(=O)CC1. The first kappa shape index (κ1) is 12.8. The zero-order valence-electron chi connectivity index (χ0n) is 10.4. The van der Waals surface area contributed by atoms with Gasteiger partial charge in [0.25, 0.3) is 0 Å². The molecule has 94 valence electrons. The topological polar surface area (TPSA) is 29.1 Å². The molecule has 0 unspecified atom stereocenters. The molecule has 0 aromatic heterocycles. The highest BCUT2D eigenvalue weighted by molar-refractivity contribution is 7.85. The molecule has 1 N–H and O–H groups in total. The maximum atomic E-state index is 11.3. The Kier molecular flexibility index (Phi) is 4.75. The maximum absolute atomic E-state index is 11.3. The van der Waals surface area contributed by atoms with Crippen LogP contribution in [0.5, 0.6) is 0 Å². The van der Waals surface area contributed by atoms with Crippen LogP contribution < -0.4 is 5.32 Å². The average Bonchev–Trinajstić information content (AvgIpc) is 2.38. The van der Waals surface area contributed by atoms with E-state index in [-0.39, 0.29) is 0 Å². The quantitative estimate of drug-likeness (QED) is 0.889. The largest absolute Gasteiger partial charge is 0.310 e. The lowest BCUT2D eigenvalue weighted by Crippen LogP contribution is -2.35. The monoisotopic (exact) mass is 251 g/mol. The Bertz CT molecular complexity index is 382. The van der Waals surface area contributed by atoms with E-state index in [0.29, 0.717) is 6.04 Å². The standard InChI is InChI=1S/C14H21NOS/c1-2-12-5-3-4-6-13(12)11-15-14-7-9-17(16)10-8-14/h3-6,14-15H,2,7-11H2,1H3. The third kappa shape index (κ3) is 3.65. The van der Waals surface area contributed by atoms with Crippen LogP contribution in [-0.2, 0) is 23.8 Å². The van der Waals surface area contributed by atoms with Crippen LogP contribution in [0.4, 0.5) is 0 Å². The van der Waals surface area contributed by atoms with Crippen molar-refractivity contribution in [3.05, 3.63) is 35.4 Å². The van der Waals surface area contributed by atoms with Gasteiger partial charge in [0, 0.05) is 34.9 Å². The summed E-state index contributed by atoms with van der Waals surface area (Å²) in [5.41, 5.74) is 2.83. The van der Waals surface area contributed by atoms with Crippen LogP contribution in [0, 0.1) is 0 Å². The van der Waals surface area contributed by atoms with E-state index in [4.69, 9.17) is 0 Å². The minimum absolute atomic E-state index is 0.553. The summed E-state index contributed by atoms with van der Waals surface area (Å²) in [6.07, 6.45) is 3.20. The van der Waals surface area contributed by atoms with Gasteiger partial charge in [0.15, 0.2) is 0 Å². The zero-order valence-corrected chi connectivity index (χ0v) is 11.3. The van der Waals surface area contributed by atoms with Crippen molar-refractivity contribution < 1.29 is 4.21 Å². The average molecular weight is 251 g/mol. The molecule has 1 fully saturated rings. The number of hydrogen-bond acceptors (Lipinski definition) is 2. The van der Waals surface area contributed by atoms with Crippen LogP contribution in [-0.4, -0.2) is 21.8 Å². The number of benzene rings is 1. The predicted molar refractivity (Wildman–Crippen MR) is 73.6 cm³/mol. The van der Waals surface area contributed by atoms with Crippen LogP contribution in [0.25, 0.3) is 0 Å². The molecule has 1 aliphatic rings. The molecule has 2 rings (SSSR count). The Balaban J connectivity index is 1.87. The molecule has 1 heterocycles. The molecular formula is C14H21NOS. The van der Waals surface area contributed by atoms with Gasteiger partial charge >= 0.3 is 0 Å². The molecule has 1 aromatic rings. The first-order valence-electron chi connectivity index (χ1n) is 6.44. The first-order valence-corrected chi connectivity index (χ1v) is 7.93. The Hall–Kier alpha value is -0.670. The molecule has 1 aromatic carbocycles. The van der Waals surface area contributed by atoms with E-state index in [1.165, 1.54) is 11.1 Å². The summed E-state index contributed by atoms with van der Waals surface area (Å²) in [7, 11) is -0.555. The normalized spacial score (nSPS) is 24.8. The van der Waals surface area contributed by atoms with Crippen molar-refractivity contribution in [2.24, 2.45) is 0 Å². The van der Waals surface area contributed by atoms with Crippen molar-refractivity contribution in [3.8, 4) is 0 Å². The summed E-state index contributed by atoms with van der Waals surface area (Å²) in [6, 6.07) is 9.16. The van der Waals surface area contributed by atoms with Gasteiger partial charge < -0.3 is 5.32 Å². The first-order chi connectivity index (χ1) is 8.29. The number of aryl methyl sites for hydroxylation is 1. The lowest BCUT2D eigenvalue weighted by molar-refractivity contribution is 0.474. The highest BCUT2D eigenvalue weighted by Crippen LogP contribution is 2.13. The smallest absolute Gasteiger partial charge is 0.0249 e. The van der Waals surface area contributed by atoms with E-state index < -0.39 is 10.8 Å². The van der Waals surface area contributed by atoms with Gasteiger partial charge in [0.2, 0.25) is 0 Å². The summed E-state index contributed by atoms with van der Waals surface area (Å²) in [4.78, 5) is 0. The Morgan fingerprint density at radius 3 is 2.53 bits per heavy atom. The van der Waals surface area contributed by atoms with Crippen molar-refractivity contribution in [1.29, 1.82) is 0 Å². The van der Waals surface area contributed by atoms with Crippen molar-refractivity contribution in [1.82, 2.24) is 5.32 Å². The van der Waals surface area contributed by atoms with E-state index in [1.807, 2.05) is 0 Å². The second-order valence-corrected chi connectivity index (χ2v) is 6.32. The van der Waals surface area contributed by atoms with Crippen molar-refractivity contribution >= 4 is 10.8 Å². The van der Waals surface area contributed by atoms with Crippen LogP contribution in [0.3, 0.4) is 0 Å². The molecule has 0 atom stereocenters. The van der Waals surface area contributed by atoms with Gasteiger partial charge in [-0.25, -0.2) is 0 Å². The van der Waals surface area contributed by atoms with Gasteiger partial charge in [-0.3, -0.25) is 4.21 Å².